The lowest BCUT2D eigenvalue weighted by Gasteiger charge is -2.38. The van der Waals surface area contributed by atoms with E-state index in [1.54, 1.807) is 0 Å². The topological polar surface area (TPSA) is 49.2 Å². The van der Waals surface area contributed by atoms with Crippen LogP contribution in [-0.4, -0.2) is 34.0 Å². The molecule has 1 N–H and O–H groups in total. The Morgan fingerprint density at radius 1 is 1.05 bits per heavy atom. The van der Waals surface area contributed by atoms with Gasteiger partial charge in [0.25, 0.3) is 0 Å². The number of aliphatic hydroxyl groups is 1. The molecule has 0 amide bonds. The number of hydrogen-bond donors (Lipinski definition) is 1. The van der Waals surface area contributed by atoms with Crippen LogP contribution < -0.4 is 4.90 Å². The quantitative estimate of drug-likeness (QED) is 0.813. The smallest absolute Gasteiger partial charge is 0.151 e. The third kappa shape index (κ3) is 3.71. The van der Waals surface area contributed by atoms with Crippen LogP contribution in [-0.2, 0) is 6.42 Å². The van der Waals surface area contributed by atoms with Crippen molar-refractivity contribution in [2.24, 2.45) is 0 Å². The Morgan fingerprint density at radius 2 is 1.76 bits per heavy atom. The van der Waals surface area contributed by atoms with Gasteiger partial charge in [0.2, 0.25) is 0 Å². The summed E-state index contributed by atoms with van der Waals surface area (Å²) in [6, 6.07) is 14.2. The van der Waals surface area contributed by atoms with Crippen molar-refractivity contribution in [1.29, 1.82) is 0 Å². The fraction of sp³-hybridized carbons (Fsp3) is 0.375. The van der Waals surface area contributed by atoms with E-state index in [-0.39, 0.29) is 0 Å². The summed E-state index contributed by atoms with van der Waals surface area (Å²) in [6.45, 7) is 1.64. The van der Waals surface area contributed by atoms with Gasteiger partial charge in [-0.15, -0.1) is 10.2 Å². The first kappa shape index (κ1) is 14.7. The fourth-order valence-corrected chi connectivity index (χ4v) is 3.07. The molecule has 0 bridgehead atoms. The van der Waals surface area contributed by atoms with Crippen LogP contribution in [0.1, 0.15) is 18.4 Å². The van der Waals surface area contributed by atoms with E-state index in [9.17, 15) is 5.11 Å². The van der Waals surface area contributed by atoms with Gasteiger partial charge in [-0.25, -0.2) is 0 Å². The van der Waals surface area contributed by atoms with E-state index in [1.807, 2.05) is 30.3 Å². The summed E-state index contributed by atoms with van der Waals surface area (Å²) in [5.41, 5.74) is 0.594. The van der Waals surface area contributed by atoms with Crippen molar-refractivity contribution in [2.45, 2.75) is 24.9 Å². The number of nitrogens with zero attached hydrogens (tertiary/aromatic N) is 3. The minimum Gasteiger partial charge on any atom is -0.389 e. The summed E-state index contributed by atoms with van der Waals surface area (Å²) in [5, 5.41) is 19.1. The van der Waals surface area contributed by atoms with Crippen LogP contribution in [0.15, 0.2) is 42.5 Å². The molecular weight excluding hydrogens is 377 g/mol. The van der Waals surface area contributed by atoms with Gasteiger partial charge < -0.3 is 10.0 Å². The van der Waals surface area contributed by atoms with Crippen LogP contribution in [0.3, 0.4) is 0 Å². The molecule has 2 heterocycles. The maximum atomic E-state index is 10.8. The van der Waals surface area contributed by atoms with Crippen LogP contribution in [0, 0.1) is 3.70 Å². The molecule has 1 aliphatic rings. The van der Waals surface area contributed by atoms with Crippen molar-refractivity contribution in [3.8, 4) is 0 Å². The lowest BCUT2D eigenvalue weighted by Crippen LogP contribution is -2.46. The highest BCUT2D eigenvalue weighted by molar-refractivity contribution is 14.1. The van der Waals surface area contributed by atoms with Crippen LogP contribution in [0.2, 0.25) is 0 Å². The summed E-state index contributed by atoms with van der Waals surface area (Å²) in [5.74, 6) is 0.900. The standard InChI is InChI=1S/C16H18IN3O/c17-14-6-7-15(19-18-14)20-10-8-16(21,9-11-20)12-13-4-2-1-3-5-13/h1-7,21H,8-12H2. The Labute approximate surface area is 138 Å². The number of aromatic nitrogens is 2. The second kappa shape index (κ2) is 6.27. The van der Waals surface area contributed by atoms with E-state index >= 15 is 0 Å². The van der Waals surface area contributed by atoms with Gasteiger partial charge in [0.05, 0.1) is 5.60 Å². The van der Waals surface area contributed by atoms with Gasteiger partial charge >= 0.3 is 0 Å². The summed E-state index contributed by atoms with van der Waals surface area (Å²) in [7, 11) is 0. The minimum absolute atomic E-state index is 0.603. The normalized spacial score (nSPS) is 17.7. The molecule has 0 aliphatic carbocycles. The first-order valence-corrected chi connectivity index (χ1v) is 8.23. The number of benzene rings is 1. The third-order valence-electron chi connectivity index (χ3n) is 4.01. The molecule has 1 aromatic heterocycles. The van der Waals surface area contributed by atoms with E-state index in [1.165, 1.54) is 5.56 Å². The molecule has 1 fully saturated rings. The SMILES string of the molecule is OC1(Cc2ccccc2)CCN(c2ccc(I)nn2)CC1. The highest BCUT2D eigenvalue weighted by Gasteiger charge is 2.32. The van der Waals surface area contributed by atoms with E-state index in [0.29, 0.717) is 0 Å². The molecule has 1 aromatic carbocycles. The van der Waals surface area contributed by atoms with Crippen LogP contribution in [0.5, 0.6) is 0 Å². The van der Waals surface area contributed by atoms with Crippen molar-refractivity contribution >= 4 is 28.4 Å². The predicted octanol–water partition coefficient (Wildman–Crippen LogP) is 2.66. The lowest BCUT2D eigenvalue weighted by atomic mass is 9.85. The van der Waals surface area contributed by atoms with Crippen LogP contribution >= 0.6 is 22.6 Å². The Balaban J connectivity index is 1.63. The molecule has 21 heavy (non-hydrogen) atoms. The molecule has 1 aliphatic heterocycles. The largest absolute Gasteiger partial charge is 0.389 e. The molecule has 0 unspecified atom stereocenters. The van der Waals surface area contributed by atoms with Gasteiger partial charge in [0.15, 0.2) is 5.82 Å². The number of piperidine rings is 1. The molecule has 2 aromatic rings. The summed E-state index contributed by atoms with van der Waals surface area (Å²) < 4.78 is 0.897. The molecule has 0 spiro atoms. The predicted molar refractivity (Wildman–Crippen MR) is 91.3 cm³/mol. The maximum absolute atomic E-state index is 10.8. The van der Waals surface area contributed by atoms with Crippen molar-refractivity contribution in [1.82, 2.24) is 10.2 Å². The van der Waals surface area contributed by atoms with Crippen molar-refractivity contribution in [3.05, 3.63) is 51.7 Å². The van der Waals surface area contributed by atoms with E-state index in [0.717, 1.165) is 41.9 Å². The molecular formula is C16H18IN3O. The zero-order valence-electron chi connectivity index (χ0n) is 11.7. The molecule has 4 nitrogen and oxygen atoms in total. The molecule has 5 heteroatoms. The Hall–Kier alpha value is -1.21. The lowest BCUT2D eigenvalue weighted by molar-refractivity contribution is 0.0164. The summed E-state index contributed by atoms with van der Waals surface area (Å²) >= 11 is 2.15. The third-order valence-corrected chi connectivity index (χ3v) is 4.59. The molecule has 110 valence electrons. The van der Waals surface area contributed by atoms with Gasteiger partial charge in [-0.2, -0.15) is 0 Å². The zero-order valence-corrected chi connectivity index (χ0v) is 13.9. The Morgan fingerprint density at radius 3 is 2.38 bits per heavy atom. The van der Waals surface area contributed by atoms with Crippen molar-refractivity contribution in [2.75, 3.05) is 18.0 Å². The average molecular weight is 395 g/mol. The highest BCUT2D eigenvalue weighted by atomic mass is 127. The number of anilines is 1. The number of rotatable bonds is 3. The fourth-order valence-electron chi connectivity index (χ4n) is 2.78. The van der Waals surface area contributed by atoms with Crippen molar-refractivity contribution in [3.63, 3.8) is 0 Å². The Kier molecular flexibility index (Phi) is 4.40. The van der Waals surface area contributed by atoms with Gasteiger partial charge in [-0.1, -0.05) is 30.3 Å². The van der Waals surface area contributed by atoms with Gasteiger partial charge in [-0.3, -0.25) is 0 Å². The number of halogens is 1. The van der Waals surface area contributed by atoms with Crippen molar-refractivity contribution < 1.29 is 5.11 Å². The van der Waals surface area contributed by atoms with E-state index < -0.39 is 5.60 Å². The maximum Gasteiger partial charge on any atom is 0.151 e. The first-order valence-electron chi connectivity index (χ1n) is 7.15. The summed E-state index contributed by atoms with van der Waals surface area (Å²) in [4.78, 5) is 2.20. The van der Waals surface area contributed by atoms with Crippen LogP contribution in [0.4, 0.5) is 5.82 Å². The minimum atomic E-state index is -0.603. The van der Waals surface area contributed by atoms with Gasteiger partial charge in [0, 0.05) is 19.5 Å². The van der Waals surface area contributed by atoms with Gasteiger partial charge in [-0.05, 0) is 53.1 Å². The van der Waals surface area contributed by atoms with E-state index in [4.69, 9.17) is 0 Å². The molecule has 0 radical (unpaired) electrons. The molecule has 1 saturated heterocycles. The molecule has 0 saturated carbocycles. The van der Waals surface area contributed by atoms with E-state index in [2.05, 4.69) is 49.8 Å². The Bertz CT molecular complexity index is 580. The number of hydrogen-bond acceptors (Lipinski definition) is 4. The summed E-state index contributed by atoms with van der Waals surface area (Å²) in [6.07, 6.45) is 2.24. The second-order valence-electron chi connectivity index (χ2n) is 5.59. The average Bonchev–Trinajstić information content (AvgIpc) is 2.50. The molecule has 3 rings (SSSR count). The van der Waals surface area contributed by atoms with Crippen LogP contribution in [0.25, 0.3) is 0 Å². The zero-order chi connectivity index (χ0) is 14.7. The van der Waals surface area contributed by atoms with Gasteiger partial charge in [0.1, 0.15) is 3.70 Å². The second-order valence-corrected chi connectivity index (χ2v) is 6.69. The first-order chi connectivity index (χ1) is 10.1. The highest BCUT2D eigenvalue weighted by Crippen LogP contribution is 2.28. The monoisotopic (exact) mass is 395 g/mol. The molecule has 0 atom stereocenters.